The number of aliphatic hydroxyl groups excluding tert-OH is 1. The summed E-state index contributed by atoms with van der Waals surface area (Å²) in [6.07, 6.45) is 6.83. The Morgan fingerprint density at radius 2 is 2.25 bits per heavy atom. The fourth-order valence-electron chi connectivity index (χ4n) is 2.35. The molecule has 1 amide bonds. The zero-order valence-corrected chi connectivity index (χ0v) is 11.5. The molecule has 5 heteroatoms. The summed E-state index contributed by atoms with van der Waals surface area (Å²) in [5.74, 6) is 0.526. The second-order valence-electron chi connectivity index (χ2n) is 5.03. The number of nitrogens with one attached hydrogen (secondary N) is 2. The highest BCUT2D eigenvalue weighted by Crippen LogP contribution is 2.21. The first-order chi connectivity index (χ1) is 9.70. The molecule has 0 aromatic carbocycles. The summed E-state index contributed by atoms with van der Waals surface area (Å²) < 4.78 is 0. The first-order valence-corrected chi connectivity index (χ1v) is 7.00. The minimum atomic E-state index is -0.318. The van der Waals surface area contributed by atoms with Crippen LogP contribution in [0, 0.1) is 0 Å². The third-order valence-electron chi connectivity index (χ3n) is 3.50. The average molecular weight is 275 g/mol. The molecule has 0 saturated heterocycles. The summed E-state index contributed by atoms with van der Waals surface area (Å²) in [5, 5.41) is 15.8. The van der Waals surface area contributed by atoms with Crippen LogP contribution in [0.4, 0.5) is 5.82 Å². The van der Waals surface area contributed by atoms with Gasteiger partial charge in [0.15, 0.2) is 0 Å². The molecule has 0 spiro atoms. The zero-order chi connectivity index (χ0) is 14.4. The van der Waals surface area contributed by atoms with Gasteiger partial charge in [-0.25, -0.2) is 4.98 Å². The second-order valence-corrected chi connectivity index (χ2v) is 5.03. The summed E-state index contributed by atoms with van der Waals surface area (Å²) in [5.41, 5.74) is 0.515. The van der Waals surface area contributed by atoms with Crippen LogP contribution in [0.25, 0.3) is 0 Å². The molecule has 2 rings (SSSR count). The van der Waals surface area contributed by atoms with Gasteiger partial charge in [-0.2, -0.15) is 0 Å². The minimum absolute atomic E-state index is 0.0525. The molecule has 1 aliphatic carbocycles. The number of pyridine rings is 1. The van der Waals surface area contributed by atoms with Crippen molar-refractivity contribution < 1.29 is 9.90 Å². The molecule has 1 fully saturated rings. The molecular weight excluding hydrogens is 254 g/mol. The lowest BCUT2D eigenvalue weighted by Gasteiger charge is -2.28. The third kappa shape index (κ3) is 3.81. The van der Waals surface area contributed by atoms with Gasteiger partial charge in [0, 0.05) is 12.7 Å². The van der Waals surface area contributed by atoms with Crippen LogP contribution in [0.1, 0.15) is 36.0 Å². The number of aliphatic hydroxyl groups is 1. The Bertz CT molecular complexity index is 459. The number of nitrogens with zero attached hydrogens (tertiary/aromatic N) is 1. The van der Waals surface area contributed by atoms with Crippen molar-refractivity contribution in [2.75, 3.05) is 11.9 Å². The van der Waals surface area contributed by atoms with E-state index >= 15 is 0 Å². The Kier molecular flexibility index (Phi) is 5.12. The molecule has 0 aliphatic heterocycles. The van der Waals surface area contributed by atoms with Crippen molar-refractivity contribution in [1.29, 1.82) is 0 Å². The lowest BCUT2D eigenvalue weighted by atomic mass is 9.92. The predicted molar refractivity (Wildman–Crippen MR) is 78.7 cm³/mol. The van der Waals surface area contributed by atoms with E-state index in [2.05, 4.69) is 22.2 Å². The van der Waals surface area contributed by atoms with Crippen LogP contribution >= 0.6 is 0 Å². The van der Waals surface area contributed by atoms with E-state index in [1.165, 1.54) is 6.20 Å². The van der Waals surface area contributed by atoms with Gasteiger partial charge in [-0.3, -0.25) is 4.79 Å². The van der Waals surface area contributed by atoms with E-state index in [-0.39, 0.29) is 18.1 Å². The first kappa shape index (κ1) is 14.5. The standard InChI is InChI=1S/C15H21N3O2/c1-2-9-16-15(20)11-7-8-14(17-10-11)18-12-5-3-4-6-13(12)19/h2,7-8,10,12-13,19H,1,3-6,9H2,(H,16,20)(H,17,18)/t12-,13+/m1/s1. The monoisotopic (exact) mass is 275 g/mol. The van der Waals surface area contributed by atoms with Crippen molar-refractivity contribution in [2.24, 2.45) is 0 Å². The number of amides is 1. The molecule has 0 radical (unpaired) electrons. The van der Waals surface area contributed by atoms with Crippen molar-refractivity contribution in [3.63, 3.8) is 0 Å². The number of anilines is 1. The minimum Gasteiger partial charge on any atom is -0.391 e. The summed E-state index contributed by atoms with van der Waals surface area (Å²) in [6, 6.07) is 3.55. The van der Waals surface area contributed by atoms with Gasteiger partial charge < -0.3 is 15.7 Å². The van der Waals surface area contributed by atoms with Gasteiger partial charge >= 0.3 is 0 Å². The quantitative estimate of drug-likeness (QED) is 0.715. The van der Waals surface area contributed by atoms with Crippen molar-refractivity contribution in [3.05, 3.63) is 36.5 Å². The van der Waals surface area contributed by atoms with Gasteiger partial charge in [0.05, 0.1) is 17.7 Å². The van der Waals surface area contributed by atoms with Crippen LogP contribution in [0.15, 0.2) is 31.0 Å². The number of hydrogen-bond donors (Lipinski definition) is 3. The van der Waals surface area contributed by atoms with Crippen LogP contribution < -0.4 is 10.6 Å². The van der Waals surface area contributed by atoms with E-state index in [0.717, 1.165) is 25.7 Å². The smallest absolute Gasteiger partial charge is 0.253 e. The van der Waals surface area contributed by atoms with Crippen molar-refractivity contribution in [2.45, 2.75) is 37.8 Å². The maximum atomic E-state index is 11.7. The van der Waals surface area contributed by atoms with Gasteiger partial charge in [-0.15, -0.1) is 6.58 Å². The molecule has 1 aromatic heterocycles. The molecule has 1 aromatic rings. The lowest BCUT2D eigenvalue weighted by molar-refractivity contribution is 0.0957. The number of aromatic nitrogens is 1. The van der Waals surface area contributed by atoms with Crippen molar-refractivity contribution >= 4 is 11.7 Å². The molecule has 1 aliphatic rings. The molecule has 0 unspecified atom stereocenters. The highest BCUT2D eigenvalue weighted by molar-refractivity contribution is 5.94. The van der Waals surface area contributed by atoms with Gasteiger partial charge in [0.2, 0.25) is 0 Å². The van der Waals surface area contributed by atoms with E-state index in [1.54, 1.807) is 18.2 Å². The molecule has 20 heavy (non-hydrogen) atoms. The summed E-state index contributed by atoms with van der Waals surface area (Å²) in [7, 11) is 0. The van der Waals surface area contributed by atoms with E-state index < -0.39 is 0 Å². The largest absolute Gasteiger partial charge is 0.391 e. The highest BCUT2D eigenvalue weighted by atomic mass is 16.3. The van der Waals surface area contributed by atoms with Crippen LogP contribution in [0.5, 0.6) is 0 Å². The molecule has 1 heterocycles. The molecule has 2 atom stereocenters. The third-order valence-corrected chi connectivity index (χ3v) is 3.50. The summed E-state index contributed by atoms with van der Waals surface area (Å²) in [6.45, 7) is 3.99. The zero-order valence-electron chi connectivity index (χ0n) is 11.5. The summed E-state index contributed by atoms with van der Waals surface area (Å²) >= 11 is 0. The van der Waals surface area contributed by atoms with Crippen LogP contribution in [-0.2, 0) is 0 Å². The van der Waals surface area contributed by atoms with Crippen LogP contribution in [-0.4, -0.2) is 34.7 Å². The maximum absolute atomic E-state index is 11.7. The maximum Gasteiger partial charge on any atom is 0.253 e. The Hall–Kier alpha value is -1.88. The SMILES string of the molecule is C=CCNC(=O)c1ccc(N[C@@H]2CCCC[C@@H]2O)nc1. The molecular formula is C15H21N3O2. The second kappa shape index (κ2) is 7.05. The fourth-order valence-corrected chi connectivity index (χ4v) is 2.35. The molecule has 108 valence electrons. The van der Waals surface area contributed by atoms with E-state index in [9.17, 15) is 9.90 Å². The van der Waals surface area contributed by atoms with Crippen LogP contribution in [0.2, 0.25) is 0 Å². The van der Waals surface area contributed by atoms with Gasteiger partial charge in [0.25, 0.3) is 5.91 Å². The lowest BCUT2D eigenvalue weighted by Crippen LogP contribution is -2.36. The van der Waals surface area contributed by atoms with E-state index in [4.69, 9.17) is 0 Å². The molecule has 0 bridgehead atoms. The van der Waals surface area contributed by atoms with Gasteiger partial charge in [0.1, 0.15) is 5.82 Å². The first-order valence-electron chi connectivity index (χ1n) is 7.00. The molecule has 3 N–H and O–H groups in total. The number of carbonyl (C=O) groups is 1. The van der Waals surface area contributed by atoms with Gasteiger partial charge in [-0.1, -0.05) is 18.9 Å². The van der Waals surface area contributed by atoms with Crippen molar-refractivity contribution in [1.82, 2.24) is 10.3 Å². The van der Waals surface area contributed by atoms with E-state index in [1.807, 2.05) is 0 Å². The Morgan fingerprint density at radius 3 is 2.90 bits per heavy atom. The molecule has 1 saturated carbocycles. The average Bonchev–Trinajstić information content (AvgIpc) is 2.48. The highest BCUT2D eigenvalue weighted by Gasteiger charge is 2.22. The topological polar surface area (TPSA) is 74.2 Å². The number of rotatable bonds is 5. The Morgan fingerprint density at radius 1 is 1.45 bits per heavy atom. The Labute approximate surface area is 119 Å². The van der Waals surface area contributed by atoms with Crippen LogP contribution in [0.3, 0.4) is 0 Å². The van der Waals surface area contributed by atoms with E-state index in [0.29, 0.717) is 17.9 Å². The van der Waals surface area contributed by atoms with Gasteiger partial charge in [-0.05, 0) is 25.0 Å². The Balaban J connectivity index is 1.94. The normalized spacial score (nSPS) is 22.1. The molecule has 5 nitrogen and oxygen atoms in total. The predicted octanol–water partition coefficient (Wildman–Crippen LogP) is 1.71. The van der Waals surface area contributed by atoms with Crippen molar-refractivity contribution in [3.8, 4) is 0 Å². The summed E-state index contributed by atoms with van der Waals surface area (Å²) in [4.78, 5) is 15.9. The number of hydrogen-bond acceptors (Lipinski definition) is 4. The number of carbonyl (C=O) groups excluding carboxylic acids is 1. The fraction of sp³-hybridized carbons (Fsp3) is 0.467.